The van der Waals surface area contributed by atoms with Gasteiger partial charge in [-0.2, -0.15) is 0 Å². The first-order valence-electron chi connectivity index (χ1n) is 8.69. The smallest absolute Gasteiger partial charge is 0.337 e. The fraction of sp³-hybridized carbons (Fsp3) is 0.150. The summed E-state index contributed by atoms with van der Waals surface area (Å²) in [5.74, 6) is -0.115. The number of anilines is 2. The molecule has 3 N–H and O–H groups in total. The van der Waals surface area contributed by atoms with Gasteiger partial charge in [0.25, 0.3) is 5.91 Å². The van der Waals surface area contributed by atoms with E-state index in [0.717, 1.165) is 11.3 Å². The third-order valence-corrected chi connectivity index (χ3v) is 5.40. The maximum Gasteiger partial charge on any atom is 0.337 e. The molecule has 3 rings (SSSR count). The molecule has 0 spiro atoms. The van der Waals surface area contributed by atoms with Gasteiger partial charge < -0.3 is 20.5 Å². The van der Waals surface area contributed by atoms with Crippen LogP contribution in [0.15, 0.2) is 48.5 Å². The van der Waals surface area contributed by atoms with Crippen LogP contribution in [0.25, 0.3) is 5.69 Å². The average molecular weight is 430 g/mol. The first kappa shape index (κ1) is 20.6. The van der Waals surface area contributed by atoms with Crippen molar-refractivity contribution < 1.29 is 19.1 Å². The molecule has 29 heavy (non-hydrogen) atoms. The Bertz CT molecular complexity index is 1120. The van der Waals surface area contributed by atoms with Gasteiger partial charge in [-0.15, -0.1) is 0 Å². The number of rotatable bonds is 6. The lowest BCUT2D eigenvalue weighted by Crippen LogP contribution is -2.14. The summed E-state index contributed by atoms with van der Waals surface area (Å²) in [6, 6.07) is 13.8. The number of methoxy groups -OCH3 is 1. The lowest BCUT2D eigenvalue weighted by atomic mass is 10.2. The molecule has 0 fully saturated rings. The van der Waals surface area contributed by atoms with Crippen molar-refractivity contribution in [2.45, 2.75) is 6.92 Å². The van der Waals surface area contributed by atoms with Gasteiger partial charge in [0.1, 0.15) is 16.4 Å². The summed E-state index contributed by atoms with van der Waals surface area (Å²) in [5.41, 5.74) is 7.71. The van der Waals surface area contributed by atoms with Crippen molar-refractivity contribution in [3.63, 3.8) is 0 Å². The number of hydrogen-bond donors (Lipinski definition) is 2. The lowest BCUT2D eigenvalue weighted by Gasteiger charge is -2.11. The van der Waals surface area contributed by atoms with Crippen molar-refractivity contribution in [2.24, 2.45) is 0 Å². The molecule has 2 aromatic carbocycles. The van der Waals surface area contributed by atoms with E-state index >= 15 is 0 Å². The highest BCUT2D eigenvalue weighted by Gasteiger charge is 2.20. The van der Waals surface area contributed by atoms with Crippen LogP contribution in [0.2, 0.25) is 0 Å². The van der Waals surface area contributed by atoms with E-state index in [9.17, 15) is 9.59 Å². The molecule has 0 aliphatic carbocycles. The predicted molar refractivity (Wildman–Crippen MR) is 116 cm³/mol. The summed E-state index contributed by atoms with van der Waals surface area (Å²) in [5, 5.41) is 2.82. The van der Waals surface area contributed by atoms with Gasteiger partial charge in [0.05, 0.1) is 30.7 Å². The second-order valence-corrected chi connectivity index (χ2v) is 7.49. The van der Waals surface area contributed by atoms with Crippen LogP contribution in [0.3, 0.4) is 0 Å². The van der Waals surface area contributed by atoms with E-state index in [0.29, 0.717) is 33.2 Å². The van der Waals surface area contributed by atoms with E-state index in [1.807, 2.05) is 13.0 Å². The molecule has 3 aromatic rings. The largest absolute Gasteiger partial charge is 0.492 e. The van der Waals surface area contributed by atoms with E-state index in [2.05, 4.69) is 5.32 Å². The summed E-state index contributed by atoms with van der Waals surface area (Å²) in [6.07, 6.45) is 0. The van der Waals surface area contributed by atoms with Gasteiger partial charge in [0.15, 0.2) is 3.95 Å². The third-order valence-electron chi connectivity index (χ3n) is 4.01. The van der Waals surface area contributed by atoms with Crippen molar-refractivity contribution in [3.8, 4) is 11.4 Å². The third kappa shape index (κ3) is 4.30. The van der Waals surface area contributed by atoms with E-state index in [1.165, 1.54) is 7.11 Å². The van der Waals surface area contributed by atoms with Gasteiger partial charge in [0, 0.05) is 0 Å². The summed E-state index contributed by atoms with van der Waals surface area (Å²) in [4.78, 5) is 24.9. The standard InChI is InChI=1S/C20H19N3O4S2/c1-3-27-15-10-5-4-9-14(15)22-18(24)16-17(21)23(20(28)29-16)13-8-6-7-12(11-13)19(25)26-2/h4-11H,3,21H2,1-2H3,(H,22,24). The first-order valence-corrected chi connectivity index (χ1v) is 9.92. The number of nitrogens with two attached hydrogens (primary N) is 1. The highest BCUT2D eigenvalue weighted by Crippen LogP contribution is 2.29. The molecule has 1 aromatic heterocycles. The van der Waals surface area contributed by atoms with Gasteiger partial charge in [-0.3, -0.25) is 9.36 Å². The average Bonchev–Trinajstić information content (AvgIpc) is 3.03. The Labute approximate surface area is 176 Å². The number of nitrogen functional groups attached to an aromatic ring is 1. The Hall–Kier alpha value is -3.17. The minimum absolute atomic E-state index is 0.188. The van der Waals surface area contributed by atoms with Gasteiger partial charge >= 0.3 is 5.97 Å². The van der Waals surface area contributed by atoms with Crippen molar-refractivity contribution in [3.05, 3.63) is 62.9 Å². The zero-order valence-corrected chi connectivity index (χ0v) is 17.4. The second-order valence-electron chi connectivity index (χ2n) is 5.84. The molecular weight excluding hydrogens is 410 g/mol. The molecule has 0 aliphatic heterocycles. The molecule has 1 heterocycles. The van der Waals surface area contributed by atoms with Crippen molar-refractivity contribution in [1.29, 1.82) is 0 Å². The van der Waals surface area contributed by atoms with Crippen LogP contribution >= 0.6 is 23.6 Å². The molecule has 150 valence electrons. The number of thiazole rings is 1. The molecule has 0 aliphatic rings. The monoisotopic (exact) mass is 429 g/mol. The molecule has 9 heteroatoms. The quantitative estimate of drug-likeness (QED) is 0.448. The van der Waals surface area contributed by atoms with Gasteiger partial charge in [-0.05, 0) is 49.5 Å². The lowest BCUT2D eigenvalue weighted by molar-refractivity contribution is 0.0600. The molecule has 0 atom stereocenters. The molecule has 7 nitrogen and oxygen atoms in total. The maximum absolute atomic E-state index is 12.8. The fourth-order valence-corrected chi connectivity index (χ4v) is 3.98. The van der Waals surface area contributed by atoms with Crippen LogP contribution in [0.5, 0.6) is 5.75 Å². The van der Waals surface area contributed by atoms with Gasteiger partial charge in [0.2, 0.25) is 0 Å². The summed E-state index contributed by atoms with van der Waals surface area (Å²) < 4.78 is 12.2. The van der Waals surface area contributed by atoms with Crippen LogP contribution in [-0.4, -0.2) is 30.2 Å². The van der Waals surface area contributed by atoms with Gasteiger partial charge in [-0.1, -0.05) is 29.5 Å². The van der Waals surface area contributed by atoms with E-state index in [4.69, 9.17) is 27.4 Å². The maximum atomic E-state index is 12.8. The fourth-order valence-electron chi connectivity index (χ4n) is 2.71. The number of benzene rings is 2. The number of carbonyl (C=O) groups excluding carboxylic acids is 2. The summed E-state index contributed by atoms with van der Waals surface area (Å²) in [6.45, 7) is 2.34. The Balaban J connectivity index is 1.95. The highest BCUT2D eigenvalue weighted by molar-refractivity contribution is 7.73. The summed E-state index contributed by atoms with van der Waals surface area (Å²) in [7, 11) is 1.31. The number of nitrogens with one attached hydrogen (secondary N) is 1. The van der Waals surface area contributed by atoms with E-state index in [1.54, 1.807) is 47.0 Å². The first-order chi connectivity index (χ1) is 14.0. The minimum Gasteiger partial charge on any atom is -0.492 e. The Morgan fingerprint density at radius 2 is 1.97 bits per heavy atom. The Kier molecular flexibility index (Phi) is 6.30. The van der Waals surface area contributed by atoms with Crippen molar-refractivity contribution in [1.82, 2.24) is 4.57 Å². The second kappa shape index (κ2) is 8.89. The highest BCUT2D eigenvalue weighted by atomic mass is 32.1. The predicted octanol–water partition coefficient (Wildman–Crippen LogP) is 4.29. The number of aromatic nitrogens is 1. The van der Waals surface area contributed by atoms with Crippen LogP contribution < -0.4 is 15.8 Å². The van der Waals surface area contributed by atoms with Crippen LogP contribution in [0.4, 0.5) is 11.5 Å². The van der Waals surface area contributed by atoms with Crippen molar-refractivity contribution in [2.75, 3.05) is 24.8 Å². The molecule has 0 radical (unpaired) electrons. The summed E-state index contributed by atoms with van der Waals surface area (Å²) >= 11 is 6.50. The molecular formula is C20H19N3O4S2. The Morgan fingerprint density at radius 3 is 2.69 bits per heavy atom. The van der Waals surface area contributed by atoms with E-state index < -0.39 is 11.9 Å². The minimum atomic E-state index is -0.474. The SMILES string of the molecule is CCOc1ccccc1NC(=O)c1sc(=S)n(-c2cccc(C(=O)OC)c2)c1N. The number of ether oxygens (including phenoxy) is 2. The number of nitrogens with zero attached hydrogens (tertiary/aromatic N) is 1. The van der Waals surface area contributed by atoms with Crippen LogP contribution in [0.1, 0.15) is 27.0 Å². The molecule has 0 saturated carbocycles. The van der Waals surface area contributed by atoms with Crippen molar-refractivity contribution >= 4 is 46.9 Å². The number of carbonyl (C=O) groups is 2. The molecule has 0 saturated heterocycles. The van der Waals surface area contributed by atoms with Crippen LogP contribution in [0, 0.1) is 3.95 Å². The van der Waals surface area contributed by atoms with E-state index in [-0.39, 0.29) is 10.7 Å². The number of amides is 1. The number of esters is 1. The zero-order valence-electron chi connectivity index (χ0n) is 15.8. The normalized spacial score (nSPS) is 10.4. The zero-order chi connectivity index (χ0) is 21.0. The topological polar surface area (TPSA) is 95.6 Å². The molecule has 1 amide bonds. The molecule has 0 unspecified atom stereocenters. The molecule has 0 bridgehead atoms. The number of para-hydroxylation sites is 2. The van der Waals surface area contributed by atoms with Gasteiger partial charge in [-0.25, -0.2) is 4.79 Å². The number of hydrogen-bond acceptors (Lipinski definition) is 7. The van der Waals surface area contributed by atoms with Crippen LogP contribution in [-0.2, 0) is 4.74 Å². The Morgan fingerprint density at radius 1 is 1.21 bits per heavy atom.